The zero-order valence-electron chi connectivity index (χ0n) is 16.6. The molecule has 0 saturated carbocycles. The molecule has 6 nitrogen and oxygen atoms in total. The molecule has 9 heteroatoms. The number of ether oxygens (including phenoxy) is 1. The summed E-state index contributed by atoms with van der Waals surface area (Å²) in [4.78, 5) is 23.9. The Hall–Kier alpha value is -3.06. The average molecular weight is 491 g/mol. The highest BCUT2D eigenvalue weighted by Crippen LogP contribution is 2.29. The fourth-order valence-corrected chi connectivity index (χ4v) is 3.12. The zero-order chi connectivity index (χ0) is 22.9. The fraction of sp³-hybridized carbons (Fsp3) is 0.0870. The second kappa shape index (κ2) is 11.5. The summed E-state index contributed by atoms with van der Waals surface area (Å²) in [5.41, 5.74) is 4.27. The van der Waals surface area contributed by atoms with Crippen LogP contribution in [0, 0.1) is 0 Å². The zero-order valence-corrected chi connectivity index (χ0v) is 18.9. The minimum absolute atomic E-state index is 0.209. The number of nitrogens with one attached hydrogen (secondary N) is 2. The van der Waals surface area contributed by atoms with Crippen LogP contribution in [0.5, 0.6) is 5.75 Å². The summed E-state index contributed by atoms with van der Waals surface area (Å²) in [5, 5.41) is 7.55. The predicted molar refractivity (Wildman–Crippen MR) is 128 cm³/mol. The highest BCUT2D eigenvalue weighted by Gasteiger charge is 2.12. The number of hydrazone groups is 1. The van der Waals surface area contributed by atoms with Gasteiger partial charge in [-0.05, 0) is 48.0 Å². The lowest BCUT2D eigenvalue weighted by Crippen LogP contribution is -2.24. The lowest BCUT2D eigenvalue weighted by Gasteiger charge is -2.08. The van der Waals surface area contributed by atoms with Crippen molar-refractivity contribution in [3.8, 4) is 5.75 Å². The molecule has 0 bridgehead atoms. The molecule has 0 radical (unpaired) electrons. The molecule has 0 aromatic heterocycles. The predicted octanol–water partition coefficient (Wildman–Crippen LogP) is 5.70. The Morgan fingerprint density at radius 1 is 0.875 bits per heavy atom. The van der Waals surface area contributed by atoms with Crippen molar-refractivity contribution in [2.45, 2.75) is 13.0 Å². The molecule has 0 fully saturated rings. The third kappa shape index (κ3) is 6.99. The van der Waals surface area contributed by atoms with E-state index >= 15 is 0 Å². The molecule has 164 valence electrons. The van der Waals surface area contributed by atoms with Crippen molar-refractivity contribution < 1.29 is 14.3 Å². The van der Waals surface area contributed by atoms with E-state index < -0.39 is 18.2 Å². The summed E-state index contributed by atoms with van der Waals surface area (Å²) in [6, 6.07) is 19.4. The molecule has 0 aliphatic carbocycles. The van der Waals surface area contributed by atoms with Gasteiger partial charge in [0.1, 0.15) is 18.8 Å². The number of hydrogen-bond acceptors (Lipinski definition) is 4. The van der Waals surface area contributed by atoms with Gasteiger partial charge in [-0.3, -0.25) is 9.59 Å². The van der Waals surface area contributed by atoms with Crippen LogP contribution in [0.15, 0.2) is 71.8 Å². The van der Waals surface area contributed by atoms with Gasteiger partial charge in [0.05, 0.1) is 21.9 Å². The molecule has 0 atom stereocenters. The summed E-state index contributed by atoms with van der Waals surface area (Å²) < 4.78 is 5.72. The van der Waals surface area contributed by atoms with Crippen LogP contribution in [-0.2, 0) is 16.2 Å². The second-order valence-electron chi connectivity index (χ2n) is 6.57. The Kier molecular flexibility index (Phi) is 8.50. The number of amides is 2. The van der Waals surface area contributed by atoms with Gasteiger partial charge in [0.2, 0.25) is 11.8 Å². The molecule has 3 rings (SSSR count). The summed E-state index contributed by atoms with van der Waals surface area (Å²) in [6.45, 7) is 0.353. The number of anilines is 1. The van der Waals surface area contributed by atoms with Crippen molar-refractivity contribution in [3.05, 3.63) is 92.9 Å². The SMILES string of the molecule is O=C(CC(=O)Nc1cccc(Cl)c1Cl)NN=Cc1ccc(OCc2ccccc2Cl)cc1. The molecule has 0 spiro atoms. The van der Waals surface area contributed by atoms with E-state index in [1.54, 1.807) is 42.5 Å². The molecule has 2 N–H and O–H groups in total. The van der Waals surface area contributed by atoms with Crippen molar-refractivity contribution >= 4 is 58.5 Å². The Morgan fingerprint density at radius 2 is 1.59 bits per heavy atom. The number of carbonyl (C=O) groups excluding carboxylic acids is 2. The first-order chi connectivity index (χ1) is 15.4. The monoisotopic (exact) mass is 489 g/mol. The van der Waals surface area contributed by atoms with E-state index in [1.807, 2.05) is 24.3 Å². The van der Waals surface area contributed by atoms with Crippen molar-refractivity contribution in [1.29, 1.82) is 0 Å². The molecule has 32 heavy (non-hydrogen) atoms. The standard InChI is InChI=1S/C23H18Cl3N3O3/c24-18-5-2-1-4-16(18)14-32-17-10-8-15(9-11-17)13-27-29-22(31)12-21(30)28-20-7-3-6-19(25)23(20)26/h1-11,13H,12,14H2,(H,28,30)(H,29,31). The lowest BCUT2D eigenvalue weighted by molar-refractivity contribution is -0.126. The van der Waals surface area contributed by atoms with Crippen molar-refractivity contribution in [2.24, 2.45) is 5.10 Å². The van der Waals surface area contributed by atoms with E-state index in [-0.39, 0.29) is 5.02 Å². The first kappa shape index (κ1) is 23.6. The summed E-state index contributed by atoms with van der Waals surface area (Å²) in [7, 11) is 0. The van der Waals surface area contributed by atoms with Crippen LogP contribution >= 0.6 is 34.8 Å². The molecular formula is C23H18Cl3N3O3. The number of halogens is 3. The van der Waals surface area contributed by atoms with Gasteiger partial charge in [0.15, 0.2) is 0 Å². The van der Waals surface area contributed by atoms with Crippen LogP contribution in [0.2, 0.25) is 15.1 Å². The van der Waals surface area contributed by atoms with E-state index in [9.17, 15) is 9.59 Å². The van der Waals surface area contributed by atoms with Crippen molar-refractivity contribution in [1.82, 2.24) is 5.43 Å². The molecule has 0 heterocycles. The van der Waals surface area contributed by atoms with Gasteiger partial charge in [-0.1, -0.05) is 59.1 Å². The Morgan fingerprint density at radius 3 is 2.34 bits per heavy atom. The first-order valence-electron chi connectivity index (χ1n) is 9.44. The summed E-state index contributed by atoms with van der Waals surface area (Å²) >= 11 is 18.0. The van der Waals surface area contributed by atoms with Crippen LogP contribution in [-0.4, -0.2) is 18.0 Å². The number of nitrogens with zero attached hydrogens (tertiary/aromatic N) is 1. The van der Waals surface area contributed by atoms with Crippen LogP contribution in [0.1, 0.15) is 17.5 Å². The Bertz CT molecular complexity index is 1130. The van der Waals surface area contributed by atoms with E-state index in [0.29, 0.717) is 28.1 Å². The average Bonchev–Trinajstić information content (AvgIpc) is 2.77. The molecule has 0 saturated heterocycles. The number of hydrogen-bond donors (Lipinski definition) is 2. The van der Waals surface area contributed by atoms with Gasteiger partial charge < -0.3 is 10.1 Å². The third-order valence-corrected chi connectivity index (χ3v) is 5.37. The Labute approximate surface area is 200 Å². The van der Waals surface area contributed by atoms with Crippen LogP contribution in [0.25, 0.3) is 0 Å². The van der Waals surface area contributed by atoms with Gasteiger partial charge in [-0.15, -0.1) is 0 Å². The largest absolute Gasteiger partial charge is 0.489 e. The summed E-state index contributed by atoms with van der Waals surface area (Å²) in [5.74, 6) is -0.444. The van der Waals surface area contributed by atoms with E-state index in [1.165, 1.54) is 6.21 Å². The van der Waals surface area contributed by atoms with Gasteiger partial charge >= 0.3 is 0 Å². The van der Waals surface area contributed by atoms with Crippen molar-refractivity contribution in [2.75, 3.05) is 5.32 Å². The number of benzene rings is 3. The molecule has 0 aliphatic heterocycles. The quantitative estimate of drug-likeness (QED) is 0.241. The molecule has 0 aliphatic rings. The van der Waals surface area contributed by atoms with Crippen LogP contribution < -0.4 is 15.5 Å². The smallest absolute Gasteiger partial charge is 0.249 e. The van der Waals surface area contributed by atoms with Crippen LogP contribution in [0.4, 0.5) is 5.69 Å². The normalized spacial score (nSPS) is 10.7. The number of rotatable bonds is 8. The highest BCUT2D eigenvalue weighted by molar-refractivity contribution is 6.44. The summed E-state index contributed by atoms with van der Waals surface area (Å²) in [6.07, 6.45) is 1.04. The number of carbonyl (C=O) groups is 2. The molecule has 2 amide bonds. The van der Waals surface area contributed by atoms with E-state index in [4.69, 9.17) is 39.5 Å². The lowest BCUT2D eigenvalue weighted by atomic mass is 10.2. The van der Waals surface area contributed by atoms with Crippen molar-refractivity contribution in [3.63, 3.8) is 0 Å². The third-order valence-electron chi connectivity index (χ3n) is 4.18. The van der Waals surface area contributed by atoms with Gasteiger partial charge in [-0.25, -0.2) is 5.43 Å². The fourth-order valence-electron chi connectivity index (χ4n) is 2.59. The molecular weight excluding hydrogens is 473 g/mol. The molecule has 3 aromatic rings. The van der Waals surface area contributed by atoms with Gasteiger partial charge in [0, 0.05) is 10.6 Å². The van der Waals surface area contributed by atoms with E-state index in [0.717, 1.165) is 11.1 Å². The van der Waals surface area contributed by atoms with Gasteiger partial charge in [-0.2, -0.15) is 5.10 Å². The second-order valence-corrected chi connectivity index (χ2v) is 7.76. The minimum atomic E-state index is -0.573. The first-order valence-corrected chi connectivity index (χ1v) is 10.6. The highest BCUT2D eigenvalue weighted by atomic mass is 35.5. The topological polar surface area (TPSA) is 79.8 Å². The van der Waals surface area contributed by atoms with Gasteiger partial charge in [0.25, 0.3) is 0 Å². The molecule has 0 unspecified atom stereocenters. The maximum Gasteiger partial charge on any atom is 0.249 e. The maximum absolute atomic E-state index is 12.0. The van der Waals surface area contributed by atoms with E-state index in [2.05, 4.69) is 15.8 Å². The Balaban J connectivity index is 1.44. The minimum Gasteiger partial charge on any atom is -0.489 e. The maximum atomic E-state index is 12.0. The van der Waals surface area contributed by atoms with Crippen LogP contribution in [0.3, 0.4) is 0 Å². The molecule has 3 aromatic carbocycles.